The van der Waals surface area contributed by atoms with Crippen LogP contribution in [0.3, 0.4) is 0 Å². The molecule has 1 aliphatic rings. The maximum absolute atomic E-state index is 6.89. The van der Waals surface area contributed by atoms with Gasteiger partial charge < -0.3 is 9.16 Å². The average Bonchev–Trinajstić information content (AvgIpc) is 2.77. The number of allylic oxidation sites excluding steroid dienone is 1. The summed E-state index contributed by atoms with van der Waals surface area (Å²) in [7, 11) is 0.101. The molecule has 0 radical (unpaired) electrons. The largest absolute Gasteiger partial charge is 0.410 e. The molecule has 1 atom stereocenters. The van der Waals surface area contributed by atoms with Crippen LogP contribution in [-0.2, 0) is 9.16 Å². The minimum Gasteiger partial charge on any atom is -0.410 e. The first-order valence-electron chi connectivity index (χ1n) is 15.6. The number of methoxy groups -OCH3 is 1. The summed E-state index contributed by atoms with van der Waals surface area (Å²) in [5.41, 5.74) is 3.68. The zero-order chi connectivity index (χ0) is 27.5. The van der Waals surface area contributed by atoms with E-state index in [0.29, 0.717) is 11.5 Å². The predicted molar refractivity (Wildman–Crippen MR) is 164 cm³/mol. The average molecular weight is 523 g/mol. The lowest BCUT2D eigenvalue weighted by molar-refractivity contribution is 0.0134. The molecule has 3 heteroatoms. The number of hydrogen-bond donors (Lipinski definition) is 0. The molecule has 0 aromatic heterocycles. The number of rotatable bonds is 18. The van der Waals surface area contributed by atoms with Crippen molar-refractivity contribution in [3.05, 3.63) is 11.1 Å². The Morgan fingerprint density at radius 2 is 1.22 bits per heavy atom. The molecule has 0 aliphatic heterocycles. The van der Waals surface area contributed by atoms with Crippen molar-refractivity contribution in [3.63, 3.8) is 0 Å². The molecule has 0 saturated carbocycles. The summed E-state index contributed by atoms with van der Waals surface area (Å²) < 4.78 is 12.4. The van der Waals surface area contributed by atoms with Crippen LogP contribution in [0.25, 0.3) is 0 Å². The van der Waals surface area contributed by atoms with Gasteiger partial charge in [0.05, 0.1) is 11.7 Å². The van der Waals surface area contributed by atoms with Crippen LogP contribution in [0.1, 0.15) is 158 Å². The van der Waals surface area contributed by atoms with E-state index in [2.05, 4.69) is 68.5 Å². The van der Waals surface area contributed by atoms with Crippen LogP contribution in [0.2, 0.25) is 18.1 Å². The highest BCUT2D eigenvalue weighted by atomic mass is 28.4. The van der Waals surface area contributed by atoms with Gasteiger partial charge in [0, 0.05) is 7.11 Å². The zero-order valence-corrected chi connectivity index (χ0v) is 27.7. The van der Waals surface area contributed by atoms with Crippen molar-refractivity contribution >= 4 is 8.32 Å². The predicted octanol–water partition coefficient (Wildman–Crippen LogP) is 11.4. The second-order valence-corrected chi connectivity index (χ2v) is 19.4. The summed E-state index contributed by atoms with van der Waals surface area (Å²) in [4.78, 5) is 0. The Morgan fingerprint density at radius 3 is 1.67 bits per heavy atom. The fourth-order valence-corrected chi connectivity index (χ4v) is 6.88. The summed E-state index contributed by atoms with van der Waals surface area (Å²) in [5.74, 6) is 0. The van der Waals surface area contributed by atoms with Gasteiger partial charge in [0.25, 0.3) is 0 Å². The van der Waals surface area contributed by atoms with Gasteiger partial charge in [-0.05, 0) is 82.0 Å². The summed E-state index contributed by atoms with van der Waals surface area (Å²) in [6.07, 6.45) is 22.0. The molecule has 0 N–H and O–H groups in total. The molecule has 0 bridgehead atoms. The third-order valence-electron chi connectivity index (χ3n) is 9.56. The lowest BCUT2D eigenvalue weighted by Gasteiger charge is -2.44. The maximum atomic E-state index is 6.89. The Kier molecular flexibility index (Phi) is 14.6. The van der Waals surface area contributed by atoms with Gasteiger partial charge in [-0.15, -0.1) is 0 Å². The summed E-state index contributed by atoms with van der Waals surface area (Å²) in [6.45, 7) is 23.6. The maximum Gasteiger partial charge on any atom is 0.192 e. The van der Waals surface area contributed by atoms with E-state index in [-0.39, 0.29) is 10.6 Å². The molecule has 0 fully saturated rings. The molecular weight excluding hydrogens is 456 g/mol. The molecule has 0 spiro atoms. The second-order valence-electron chi connectivity index (χ2n) is 14.7. The lowest BCUT2D eigenvalue weighted by atomic mass is 9.70. The molecule has 1 rings (SSSR count). The van der Waals surface area contributed by atoms with E-state index in [1.165, 1.54) is 103 Å². The highest BCUT2D eigenvalue weighted by Crippen LogP contribution is 2.46. The van der Waals surface area contributed by atoms with Crippen molar-refractivity contribution in [2.75, 3.05) is 7.11 Å². The minimum atomic E-state index is -1.73. The molecular formula is C33H66O2Si. The molecule has 0 amide bonds. The standard InChI is InChI=1S/C33H66O2Si/c1-28-29(32(5,6)27-25-30(28)35-36(10,11)31(2,3)4)24-22-20-18-16-14-12-13-15-17-19-21-23-26-33(7,8)34-9/h30H,12-27H2,1-11H3. The third kappa shape index (κ3) is 12.2. The highest BCUT2D eigenvalue weighted by molar-refractivity contribution is 6.74. The Bertz CT molecular complexity index is 639. The third-order valence-corrected chi connectivity index (χ3v) is 14.0. The molecule has 2 nitrogen and oxygen atoms in total. The monoisotopic (exact) mass is 522 g/mol. The summed E-state index contributed by atoms with van der Waals surface area (Å²) >= 11 is 0. The van der Waals surface area contributed by atoms with Crippen molar-refractivity contribution in [3.8, 4) is 0 Å². The summed E-state index contributed by atoms with van der Waals surface area (Å²) in [6, 6.07) is 0. The smallest absolute Gasteiger partial charge is 0.192 e. The van der Waals surface area contributed by atoms with Crippen molar-refractivity contribution in [2.45, 2.75) is 188 Å². The zero-order valence-electron chi connectivity index (χ0n) is 26.7. The van der Waals surface area contributed by atoms with Crippen molar-refractivity contribution in [1.82, 2.24) is 0 Å². The van der Waals surface area contributed by atoms with Crippen LogP contribution >= 0.6 is 0 Å². The van der Waals surface area contributed by atoms with Gasteiger partial charge in [0.1, 0.15) is 0 Å². The van der Waals surface area contributed by atoms with Gasteiger partial charge in [-0.25, -0.2) is 0 Å². The lowest BCUT2D eigenvalue weighted by Crippen LogP contribution is -2.45. The van der Waals surface area contributed by atoms with Gasteiger partial charge in [-0.2, -0.15) is 0 Å². The molecule has 1 unspecified atom stereocenters. The van der Waals surface area contributed by atoms with E-state index in [1.54, 1.807) is 11.1 Å². The Morgan fingerprint density at radius 1 is 0.778 bits per heavy atom. The number of hydrogen-bond acceptors (Lipinski definition) is 2. The normalized spacial score (nSPS) is 19.2. The quantitative estimate of drug-likeness (QED) is 0.101. The van der Waals surface area contributed by atoms with Crippen LogP contribution in [0.5, 0.6) is 0 Å². The number of unbranched alkanes of at least 4 members (excludes halogenated alkanes) is 11. The Balaban J connectivity index is 2.22. The first-order chi connectivity index (χ1) is 16.6. The van der Waals surface area contributed by atoms with E-state index in [0.717, 1.165) is 0 Å². The SMILES string of the molecule is COC(C)(C)CCCCCCCCCCCCCCC1=C(C)C(O[Si](C)(C)C(C)(C)C)CCC1(C)C. The van der Waals surface area contributed by atoms with Crippen LogP contribution in [0.4, 0.5) is 0 Å². The minimum absolute atomic E-state index is 0.0594. The highest BCUT2D eigenvalue weighted by Gasteiger charge is 2.42. The first-order valence-corrected chi connectivity index (χ1v) is 18.5. The Labute approximate surface area is 228 Å². The fraction of sp³-hybridized carbons (Fsp3) is 0.939. The molecule has 0 heterocycles. The van der Waals surface area contributed by atoms with Gasteiger partial charge in [0.2, 0.25) is 0 Å². The van der Waals surface area contributed by atoms with E-state index in [4.69, 9.17) is 9.16 Å². The van der Waals surface area contributed by atoms with E-state index in [1.807, 2.05) is 7.11 Å². The van der Waals surface area contributed by atoms with Gasteiger partial charge in [0.15, 0.2) is 8.32 Å². The van der Waals surface area contributed by atoms with Crippen molar-refractivity contribution < 1.29 is 9.16 Å². The van der Waals surface area contributed by atoms with Crippen molar-refractivity contribution in [1.29, 1.82) is 0 Å². The molecule has 214 valence electrons. The molecule has 1 aliphatic carbocycles. The molecule has 36 heavy (non-hydrogen) atoms. The number of ether oxygens (including phenoxy) is 1. The van der Waals surface area contributed by atoms with Gasteiger partial charge in [-0.1, -0.05) is 111 Å². The topological polar surface area (TPSA) is 18.5 Å². The van der Waals surface area contributed by atoms with E-state index >= 15 is 0 Å². The van der Waals surface area contributed by atoms with Crippen LogP contribution in [-0.4, -0.2) is 27.1 Å². The van der Waals surface area contributed by atoms with E-state index < -0.39 is 8.32 Å². The van der Waals surface area contributed by atoms with E-state index in [9.17, 15) is 0 Å². The van der Waals surface area contributed by atoms with Crippen LogP contribution < -0.4 is 0 Å². The van der Waals surface area contributed by atoms with Gasteiger partial charge in [-0.3, -0.25) is 0 Å². The second kappa shape index (κ2) is 15.5. The van der Waals surface area contributed by atoms with Crippen LogP contribution in [0, 0.1) is 5.41 Å². The Hall–Kier alpha value is -0.123. The molecule has 0 saturated heterocycles. The van der Waals surface area contributed by atoms with Crippen molar-refractivity contribution in [2.24, 2.45) is 5.41 Å². The first kappa shape index (κ1) is 33.9. The molecule has 0 aromatic carbocycles. The molecule has 0 aromatic rings. The van der Waals surface area contributed by atoms with Crippen LogP contribution in [0.15, 0.2) is 11.1 Å². The van der Waals surface area contributed by atoms with Gasteiger partial charge >= 0.3 is 0 Å². The fourth-order valence-electron chi connectivity index (χ4n) is 5.53. The summed E-state index contributed by atoms with van der Waals surface area (Å²) in [5, 5.41) is 0.280.